The summed E-state index contributed by atoms with van der Waals surface area (Å²) in [5.74, 6) is -0.404. The largest absolute Gasteiger partial charge is 0.458 e. The molecule has 0 amide bonds. The van der Waals surface area contributed by atoms with Gasteiger partial charge in [-0.2, -0.15) is 0 Å². The summed E-state index contributed by atoms with van der Waals surface area (Å²) in [6.45, 7) is 0. The molecule has 0 radical (unpaired) electrons. The molecule has 0 fully saturated rings. The van der Waals surface area contributed by atoms with Gasteiger partial charge >= 0.3 is 7.60 Å². The van der Waals surface area contributed by atoms with Gasteiger partial charge in [-0.15, -0.1) is 0 Å². The second-order valence-electron chi connectivity index (χ2n) is 7.87. The average molecular weight is 518 g/mol. The zero-order valence-corrected chi connectivity index (χ0v) is 20.5. The number of aromatic nitrogens is 2. The minimum atomic E-state index is -4.10. The zero-order valence-electron chi connectivity index (χ0n) is 18.9. The van der Waals surface area contributed by atoms with Crippen molar-refractivity contribution in [3.8, 4) is 11.5 Å². The molecular weight excluding hydrogens is 497 g/mol. The Hall–Kier alpha value is -4.06. The molecule has 180 valence electrons. The molecule has 0 aliphatic rings. The van der Waals surface area contributed by atoms with Gasteiger partial charge in [0.15, 0.2) is 5.78 Å². The number of hydrogen-bond donors (Lipinski definition) is 1. The highest BCUT2D eigenvalue weighted by molar-refractivity contribution is 7.55. The lowest BCUT2D eigenvalue weighted by Gasteiger charge is -2.29. The quantitative estimate of drug-likeness (QED) is 0.232. The fraction of sp³-hybridized carbons (Fsp3) is 0.0370. The number of hydrogen-bond acceptors (Lipinski definition) is 6. The van der Waals surface area contributed by atoms with Crippen LogP contribution in [0.1, 0.15) is 11.3 Å². The van der Waals surface area contributed by atoms with Crippen molar-refractivity contribution in [2.24, 2.45) is 0 Å². The van der Waals surface area contributed by atoms with Crippen molar-refractivity contribution in [3.05, 3.63) is 136 Å². The Morgan fingerprint density at radius 3 is 1.94 bits per heavy atom. The summed E-state index contributed by atoms with van der Waals surface area (Å²) in [6, 6.07) is 31.2. The Bertz CT molecular complexity index is 1530. The minimum absolute atomic E-state index is 0.349. The van der Waals surface area contributed by atoms with E-state index in [1.54, 1.807) is 97.1 Å². The van der Waals surface area contributed by atoms with E-state index in [2.05, 4.69) is 10.4 Å². The van der Waals surface area contributed by atoms with Crippen LogP contribution in [-0.4, -0.2) is 9.66 Å². The monoisotopic (exact) mass is 517 g/mol. The third-order valence-electron chi connectivity index (χ3n) is 5.38. The van der Waals surface area contributed by atoms with Crippen LogP contribution in [0.5, 0.6) is 11.5 Å². The first-order valence-corrected chi connectivity index (χ1v) is 13.1. The molecule has 1 aromatic heterocycles. The summed E-state index contributed by atoms with van der Waals surface area (Å²) in [5.41, 5.74) is 3.77. The lowest BCUT2D eigenvalue weighted by Crippen LogP contribution is -2.33. The molecule has 0 aliphatic heterocycles. The number of nitrogens with zero attached hydrogens (tertiary/aromatic N) is 2. The third kappa shape index (κ3) is 5.13. The molecule has 1 N–H and O–H groups in total. The lowest BCUT2D eigenvalue weighted by atomic mass is 10.2. The summed E-state index contributed by atoms with van der Waals surface area (Å²) >= 11 is 6.12. The zero-order chi connectivity index (χ0) is 25.0. The first-order chi connectivity index (χ1) is 17.5. The first-order valence-electron chi connectivity index (χ1n) is 11.1. The van der Waals surface area contributed by atoms with Crippen molar-refractivity contribution in [1.82, 2.24) is 9.66 Å². The molecule has 4 aromatic carbocycles. The van der Waals surface area contributed by atoms with Gasteiger partial charge in [0.25, 0.3) is 5.56 Å². The van der Waals surface area contributed by atoms with E-state index in [1.807, 2.05) is 12.1 Å². The van der Waals surface area contributed by atoms with Gasteiger partial charge in [-0.05, 0) is 54.1 Å². The molecule has 0 spiro atoms. The lowest BCUT2D eigenvalue weighted by molar-refractivity contribution is 0.373. The number of para-hydroxylation sites is 3. The molecular formula is C27H21ClN3O4P. The highest BCUT2D eigenvalue weighted by Crippen LogP contribution is 2.59. The topological polar surface area (TPSA) is 82.5 Å². The molecule has 0 aliphatic carbocycles. The van der Waals surface area contributed by atoms with Crippen LogP contribution in [0.2, 0.25) is 5.02 Å². The smallest absolute Gasteiger partial charge is 0.414 e. The van der Waals surface area contributed by atoms with Gasteiger partial charge in [-0.1, -0.05) is 72.3 Å². The Kier molecular flexibility index (Phi) is 6.76. The Balaban J connectivity index is 1.64. The van der Waals surface area contributed by atoms with E-state index in [0.717, 1.165) is 0 Å². The SMILES string of the molecule is O=c1c2ccccc2ncn1NC(c1ccc(Cl)cc1)P(=O)(Oc1ccccc1)Oc1ccccc1. The molecule has 36 heavy (non-hydrogen) atoms. The summed E-state index contributed by atoms with van der Waals surface area (Å²) < 4.78 is 27.9. The van der Waals surface area contributed by atoms with Crippen molar-refractivity contribution >= 4 is 30.1 Å². The molecule has 0 saturated carbocycles. The van der Waals surface area contributed by atoms with Gasteiger partial charge in [-0.3, -0.25) is 10.2 Å². The van der Waals surface area contributed by atoms with Crippen LogP contribution in [0.25, 0.3) is 10.9 Å². The van der Waals surface area contributed by atoms with Crippen LogP contribution < -0.4 is 20.0 Å². The standard InChI is InChI=1S/C27H21ClN3O4P/c28-21-17-15-20(16-18-21)26(30-31-19-29-25-14-8-7-13-24(25)27(31)32)36(33,34-22-9-3-1-4-10-22)35-23-11-5-2-6-12-23/h1-19,26,30H. The Labute approximate surface area is 212 Å². The number of rotatable bonds is 8. The predicted octanol–water partition coefficient (Wildman–Crippen LogP) is 6.64. The van der Waals surface area contributed by atoms with Gasteiger partial charge in [0.05, 0.1) is 10.9 Å². The summed E-state index contributed by atoms with van der Waals surface area (Å²) in [6.07, 6.45) is 1.35. The Morgan fingerprint density at radius 1 is 0.778 bits per heavy atom. The average Bonchev–Trinajstić information content (AvgIpc) is 2.90. The number of halogens is 1. The highest BCUT2D eigenvalue weighted by atomic mass is 35.5. The molecule has 5 rings (SSSR count). The maximum Gasteiger partial charge on any atom is 0.458 e. The van der Waals surface area contributed by atoms with Gasteiger partial charge in [0.2, 0.25) is 0 Å². The maximum atomic E-state index is 14.6. The van der Waals surface area contributed by atoms with Crippen molar-refractivity contribution in [2.45, 2.75) is 5.78 Å². The second-order valence-corrected chi connectivity index (χ2v) is 10.3. The van der Waals surface area contributed by atoms with Gasteiger partial charge in [-0.25, -0.2) is 14.2 Å². The first kappa shape index (κ1) is 23.7. The van der Waals surface area contributed by atoms with E-state index in [0.29, 0.717) is 33.0 Å². The fourth-order valence-electron chi connectivity index (χ4n) is 3.65. The predicted molar refractivity (Wildman–Crippen MR) is 141 cm³/mol. The van der Waals surface area contributed by atoms with E-state index in [-0.39, 0.29) is 5.56 Å². The van der Waals surface area contributed by atoms with E-state index in [9.17, 15) is 9.36 Å². The normalized spacial score (nSPS) is 12.1. The van der Waals surface area contributed by atoms with Crippen LogP contribution in [-0.2, 0) is 4.57 Å². The number of fused-ring (bicyclic) bond motifs is 1. The van der Waals surface area contributed by atoms with Crippen LogP contribution in [0, 0.1) is 0 Å². The van der Waals surface area contributed by atoms with Crippen molar-refractivity contribution < 1.29 is 13.6 Å². The third-order valence-corrected chi connectivity index (χ3v) is 7.61. The van der Waals surface area contributed by atoms with Gasteiger partial charge in [0.1, 0.15) is 17.8 Å². The Morgan fingerprint density at radius 2 is 1.33 bits per heavy atom. The molecule has 5 aromatic rings. The molecule has 0 saturated heterocycles. The van der Waals surface area contributed by atoms with Crippen molar-refractivity contribution in [2.75, 3.05) is 5.43 Å². The van der Waals surface area contributed by atoms with E-state index < -0.39 is 13.4 Å². The molecule has 1 atom stereocenters. The van der Waals surface area contributed by atoms with Crippen LogP contribution >= 0.6 is 19.2 Å². The summed E-state index contributed by atoms with van der Waals surface area (Å²) in [7, 11) is -4.10. The maximum absolute atomic E-state index is 14.6. The van der Waals surface area contributed by atoms with Crippen LogP contribution in [0.3, 0.4) is 0 Å². The van der Waals surface area contributed by atoms with Crippen LogP contribution in [0.15, 0.2) is 120 Å². The van der Waals surface area contributed by atoms with E-state index in [1.165, 1.54) is 11.0 Å². The van der Waals surface area contributed by atoms with Gasteiger partial charge < -0.3 is 9.05 Å². The van der Waals surface area contributed by atoms with Crippen molar-refractivity contribution in [1.29, 1.82) is 0 Å². The fourth-order valence-corrected chi connectivity index (χ4v) is 5.65. The summed E-state index contributed by atoms with van der Waals surface area (Å²) in [5, 5.41) is 0.912. The molecule has 0 bridgehead atoms. The number of nitrogens with one attached hydrogen (secondary N) is 1. The highest BCUT2D eigenvalue weighted by Gasteiger charge is 2.41. The molecule has 1 heterocycles. The minimum Gasteiger partial charge on any atom is -0.414 e. The van der Waals surface area contributed by atoms with Crippen LogP contribution in [0.4, 0.5) is 0 Å². The molecule has 9 heteroatoms. The second kappa shape index (κ2) is 10.3. The van der Waals surface area contributed by atoms with Gasteiger partial charge in [0, 0.05) is 5.02 Å². The summed E-state index contributed by atoms with van der Waals surface area (Å²) in [4.78, 5) is 17.6. The van der Waals surface area contributed by atoms with Crippen molar-refractivity contribution in [3.63, 3.8) is 0 Å². The number of benzene rings is 4. The molecule has 7 nitrogen and oxygen atoms in total. The van der Waals surface area contributed by atoms with E-state index in [4.69, 9.17) is 20.6 Å². The molecule has 1 unspecified atom stereocenters. The van der Waals surface area contributed by atoms with E-state index >= 15 is 0 Å².